The normalized spacial score (nSPS) is 11.3. The highest BCUT2D eigenvalue weighted by Crippen LogP contribution is 2.34. The molecule has 3 aromatic carbocycles. The average molecular weight is 597 g/mol. The van der Waals surface area contributed by atoms with Crippen molar-refractivity contribution in [2.75, 3.05) is 5.32 Å². The molecule has 39 heavy (non-hydrogen) atoms. The van der Waals surface area contributed by atoms with Crippen LogP contribution in [0.5, 0.6) is 0 Å². The Morgan fingerprint density at radius 1 is 1.00 bits per heavy atom. The number of benzene rings is 3. The summed E-state index contributed by atoms with van der Waals surface area (Å²) in [4.78, 5) is 17.1. The Morgan fingerprint density at radius 3 is 2.67 bits per heavy atom. The maximum Gasteiger partial charge on any atom is 0.250 e. The lowest BCUT2D eigenvalue weighted by atomic mass is 10.1. The van der Waals surface area contributed by atoms with Crippen LogP contribution >= 0.6 is 47.0 Å². The van der Waals surface area contributed by atoms with E-state index >= 15 is 0 Å². The zero-order chi connectivity index (χ0) is 27.5. The molecule has 0 aliphatic rings. The van der Waals surface area contributed by atoms with Gasteiger partial charge in [0.05, 0.1) is 20.8 Å². The van der Waals surface area contributed by atoms with Crippen molar-refractivity contribution in [2.45, 2.75) is 13.3 Å². The number of anilines is 1. The van der Waals surface area contributed by atoms with Gasteiger partial charge in [-0.25, -0.2) is 4.98 Å². The number of hydrogen-bond donors (Lipinski definition) is 2. The summed E-state index contributed by atoms with van der Waals surface area (Å²) >= 11 is 24.0. The summed E-state index contributed by atoms with van der Waals surface area (Å²) in [6, 6.07) is 19.9. The first kappa shape index (κ1) is 27.0. The number of amides is 1. The van der Waals surface area contributed by atoms with E-state index in [2.05, 4.69) is 22.5 Å². The lowest BCUT2D eigenvalue weighted by Crippen LogP contribution is -2.32. The number of carbonyl (C=O) groups excluding carboxylic acids is 1. The first-order chi connectivity index (χ1) is 18.8. The molecule has 0 atom stereocenters. The lowest BCUT2D eigenvalue weighted by Gasteiger charge is -2.10. The van der Waals surface area contributed by atoms with Crippen LogP contribution in [-0.4, -0.2) is 16.0 Å². The van der Waals surface area contributed by atoms with Crippen molar-refractivity contribution < 1.29 is 13.6 Å². The van der Waals surface area contributed by atoms with Crippen molar-refractivity contribution >= 4 is 80.9 Å². The van der Waals surface area contributed by atoms with Gasteiger partial charge < -0.3 is 14.2 Å². The molecule has 0 saturated heterocycles. The van der Waals surface area contributed by atoms with Crippen LogP contribution in [0, 0.1) is 0 Å². The number of halogens is 3. The molecule has 0 saturated carbocycles. The van der Waals surface area contributed by atoms with Gasteiger partial charge in [0.25, 0.3) is 0 Å². The molecule has 0 aliphatic heterocycles. The number of nitrogens with zero attached hydrogens (tertiary/aromatic N) is 1. The van der Waals surface area contributed by atoms with Gasteiger partial charge in [0.1, 0.15) is 17.0 Å². The van der Waals surface area contributed by atoms with Crippen LogP contribution in [0.25, 0.3) is 40.0 Å². The fraction of sp³-hybridized carbons (Fsp3) is 0.0690. The molecule has 0 unspecified atom stereocenters. The van der Waals surface area contributed by atoms with Crippen molar-refractivity contribution in [2.24, 2.45) is 0 Å². The number of aromatic nitrogens is 1. The van der Waals surface area contributed by atoms with E-state index in [-0.39, 0.29) is 5.11 Å². The summed E-state index contributed by atoms with van der Waals surface area (Å²) < 4.78 is 11.7. The smallest absolute Gasteiger partial charge is 0.250 e. The minimum Gasteiger partial charge on any atom is -0.457 e. The fourth-order valence-corrected chi connectivity index (χ4v) is 4.59. The number of aryl methyl sites for hydroxylation is 1. The van der Waals surface area contributed by atoms with Gasteiger partial charge in [0, 0.05) is 17.2 Å². The number of nitrogens with one attached hydrogen (secondary N) is 2. The van der Waals surface area contributed by atoms with E-state index in [1.165, 1.54) is 17.7 Å². The maximum atomic E-state index is 12.5. The van der Waals surface area contributed by atoms with E-state index in [0.717, 1.165) is 11.9 Å². The van der Waals surface area contributed by atoms with Gasteiger partial charge in [-0.3, -0.25) is 10.1 Å². The van der Waals surface area contributed by atoms with Crippen molar-refractivity contribution in [1.82, 2.24) is 10.3 Å². The Bertz CT molecular complexity index is 1740. The number of furan rings is 1. The van der Waals surface area contributed by atoms with Crippen molar-refractivity contribution in [1.29, 1.82) is 0 Å². The Hall–Kier alpha value is -3.62. The standard InChI is InChI=1S/C29H20Cl3N3O3S/c1-2-16-6-11-25-23(14-16)33-28(38-25)17-7-10-20(30)22(15-17)34-29(39)35-26(36)13-9-18-8-12-24(37-18)19-4-3-5-21(31)27(19)32/h3-15H,2H2,1H3,(H2,34,35,36,39). The second-order valence-corrected chi connectivity index (χ2v) is 10.0. The molecule has 1 amide bonds. The number of hydrogen-bond acceptors (Lipinski definition) is 5. The van der Waals surface area contributed by atoms with Crippen molar-refractivity contribution in [3.63, 3.8) is 0 Å². The van der Waals surface area contributed by atoms with E-state index < -0.39 is 5.91 Å². The quantitative estimate of drug-likeness (QED) is 0.151. The molecular formula is C29H20Cl3N3O3S. The van der Waals surface area contributed by atoms with Crippen LogP contribution in [0.15, 0.2) is 81.6 Å². The Kier molecular flexibility index (Phi) is 8.04. The molecule has 2 aromatic heterocycles. The molecule has 0 radical (unpaired) electrons. The average Bonchev–Trinajstić information content (AvgIpc) is 3.57. The molecule has 5 aromatic rings. The highest BCUT2D eigenvalue weighted by Gasteiger charge is 2.13. The van der Waals surface area contributed by atoms with Crippen LogP contribution in [0.4, 0.5) is 5.69 Å². The molecule has 2 N–H and O–H groups in total. The molecule has 10 heteroatoms. The summed E-state index contributed by atoms with van der Waals surface area (Å²) in [5.41, 5.74) is 4.51. The van der Waals surface area contributed by atoms with Crippen molar-refractivity contribution in [3.05, 3.63) is 99.2 Å². The summed E-state index contributed by atoms with van der Waals surface area (Å²) in [6.07, 6.45) is 3.73. The van der Waals surface area contributed by atoms with Gasteiger partial charge in [-0.05, 0) is 84.9 Å². The van der Waals surface area contributed by atoms with E-state index in [0.29, 0.717) is 54.9 Å². The zero-order valence-corrected chi connectivity index (χ0v) is 23.5. The van der Waals surface area contributed by atoms with E-state index in [9.17, 15) is 4.79 Å². The Balaban J connectivity index is 1.24. The van der Waals surface area contributed by atoms with Gasteiger partial charge in [0.15, 0.2) is 10.7 Å². The SMILES string of the molecule is CCc1ccc2oc(-c3ccc(Cl)c(NC(=S)NC(=O)C=Cc4ccc(-c5cccc(Cl)c5Cl)o4)c3)nc2c1. The third-order valence-corrected chi connectivity index (χ3v) is 7.15. The predicted molar refractivity (Wildman–Crippen MR) is 161 cm³/mol. The second kappa shape index (κ2) is 11.6. The van der Waals surface area contributed by atoms with Gasteiger partial charge in [-0.2, -0.15) is 0 Å². The third-order valence-electron chi connectivity index (χ3n) is 5.80. The molecule has 0 spiro atoms. The van der Waals surface area contributed by atoms with Crippen molar-refractivity contribution in [3.8, 4) is 22.8 Å². The number of carbonyl (C=O) groups is 1. The summed E-state index contributed by atoms with van der Waals surface area (Å²) in [5.74, 6) is 0.978. The first-order valence-electron chi connectivity index (χ1n) is 11.8. The molecule has 196 valence electrons. The van der Waals surface area contributed by atoms with Crippen LogP contribution < -0.4 is 10.6 Å². The summed E-state index contributed by atoms with van der Waals surface area (Å²) in [5, 5.41) is 6.84. The topological polar surface area (TPSA) is 80.3 Å². The highest BCUT2D eigenvalue weighted by molar-refractivity contribution is 7.80. The second-order valence-electron chi connectivity index (χ2n) is 8.45. The van der Waals surface area contributed by atoms with Gasteiger partial charge in [-0.1, -0.05) is 53.9 Å². The first-order valence-corrected chi connectivity index (χ1v) is 13.4. The molecule has 2 heterocycles. The Labute approximate surface area is 244 Å². The van der Waals surface area contributed by atoms with E-state index in [1.807, 2.05) is 18.2 Å². The largest absolute Gasteiger partial charge is 0.457 e. The molecule has 5 rings (SSSR count). The number of rotatable bonds is 6. The van der Waals surface area contributed by atoms with Crippen LogP contribution in [0.3, 0.4) is 0 Å². The third kappa shape index (κ3) is 6.18. The zero-order valence-electron chi connectivity index (χ0n) is 20.4. The maximum absolute atomic E-state index is 12.5. The minimum absolute atomic E-state index is 0.0692. The van der Waals surface area contributed by atoms with Gasteiger partial charge in [-0.15, -0.1) is 0 Å². The fourth-order valence-electron chi connectivity index (χ4n) is 3.82. The molecule has 6 nitrogen and oxygen atoms in total. The molecular weight excluding hydrogens is 577 g/mol. The summed E-state index contributed by atoms with van der Waals surface area (Å²) in [7, 11) is 0. The van der Waals surface area contributed by atoms with Crippen LogP contribution in [-0.2, 0) is 11.2 Å². The van der Waals surface area contributed by atoms with E-state index in [4.69, 9.17) is 55.9 Å². The molecule has 0 aliphatic carbocycles. The van der Waals surface area contributed by atoms with Crippen LogP contribution in [0.1, 0.15) is 18.2 Å². The molecule has 0 bridgehead atoms. The van der Waals surface area contributed by atoms with Crippen LogP contribution in [0.2, 0.25) is 15.1 Å². The Morgan fingerprint density at radius 2 is 1.85 bits per heavy atom. The highest BCUT2D eigenvalue weighted by atomic mass is 35.5. The monoisotopic (exact) mass is 595 g/mol. The number of thiocarbonyl (C=S) groups is 1. The van der Waals surface area contributed by atoms with Gasteiger partial charge >= 0.3 is 0 Å². The number of fused-ring (bicyclic) bond motifs is 1. The summed E-state index contributed by atoms with van der Waals surface area (Å²) in [6.45, 7) is 2.09. The minimum atomic E-state index is -0.454. The molecule has 0 fully saturated rings. The van der Waals surface area contributed by atoms with Gasteiger partial charge in [0.2, 0.25) is 11.8 Å². The predicted octanol–water partition coefficient (Wildman–Crippen LogP) is 8.80. The number of oxazole rings is 1. The van der Waals surface area contributed by atoms with E-state index in [1.54, 1.807) is 48.5 Å². The lowest BCUT2D eigenvalue weighted by molar-refractivity contribution is -0.115.